The topological polar surface area (TPSA) is 38.1 Å². The van der Waals surface area contributed by atoms with Gasteiger partial charge in [-0.3, -0.25) is 0 Å². The third kappa shape index (κ3) is 1.91. The number of hydrogen-bond donors (Lipinski definition) is 1. The van der Waals surface area contributed by atoms with E-state index in [1.54, 1.807) is 0 Å². The van der Waals surface area contributed by atoms with Crippen LogP contribution in [0, 0.1) is 5.92 Å². The minimum Gasteiger partial charge on any atom is -0.448 e. The van der Waals surface area contributed by atoms with E-state index in [2.05, 4.69) is 17.2 Å². The summed E-state index contributed by atoms with van der Waals surface area (Å²) in [5, 5.41) is 3.37. The number of nitrogens with zero attached hydrogens (tertiary/aromatic N) is 1. The Kier molecular flexibility index (Phi) is 2.64. The molecule has 2 heterocycles. The summed E-state index contributed by atoms with van der Waals surface area (Å²) in [4.78, 5) is 3.96. The van der Waals surface area contributed by atoms with E-state index in [1.165, 1.54) is 19.2 Å². The zero-order valence-corrected chi connectivity index (χ0v) is 7.99. The van der Waals surface area contributed by atoms with E-state index < -0.39 is 0 Å². The molecule has 0 aromatic carbocycles. The molecule has 0 spiro atoms. The van der Waals surface area contributed by atoms with E-state index in [-0.39, 0.29) is 0 Å². The number of rotatable bonds is 2. The average Bonchev–Trinajstić information content (AvgIpc) is 2.71. The van der Waals surface area contributed by atoms with Crippen LogP contribution in [0.15, 0.2) is 17.0 Å². The maximum atomic E-state index is 5.32. The summed E-state index contributed by atoms with van der Waals surface area (Å²) in [7, 11) is 0. The number of aromatic nitrogens is 1. The fourth-order valence-electron chi connectivity index (χ4n) is 2.03. The highest BCUT2D eigenvalue weighted by atomic mass is 16.3. The lowest BCUT2D eigenvalue weighted by Gasteiger charge is -2.26. The van der Waals surface area contributed by atoms with Gasteiger partial charge in [0.05, 0.1) is 6.20 Å². The van der Waals surface area contributed by atoms with E-state index in [4.69, 9.17) is 4.42 Å². The number of nitrogens with one attached hydrogen (secondary N) is 1. The van der Waals surface area contributed by atoms with Crippen LogP contribution < -0.4 is 5.32 Å². The predicted molar refractivity (Wildman–Crippen MR) is 50.5 cm³/mol. The van der Waals surface area contributed by atoms with E-state index in [0.29, 0.717) is 5.92 Å². The van der Waals surface area contributed by atoms with Gasteiger partial charge in [0, 0.05) is 5.92 Å². The molecule has 0 aliphatic carbocycles. The van der Waals surface area contributed by atoms with Gasteiger partial charge in [0.1, 0.15) is 5.76 Å². The molecule has 1 unspecified atom stereocenters. The first-order valence-electron chi connectivity index (χ1n) is 4.97. The summed E-state index contributed by atoms with van der Waals surface area (Å²) in [5.41, 5.74) is 0. The second kappa shape index (κ2) is 3.92. The Hall–Kier alpha value is -0.830. The quantitative estimate of drug-likeness (QED) is 0.753. The molecule has 0 amide bonds. The molecule has 0 bridgehead atoms. The van der Waals surface area contributed by atoms with Crippen LogP contribution in [-0.2, 0) is 0 Å². The molecule has 1 aliphatic rings. The molecule has 72 valence electrons. The fourth-order valence-corrected chi connectivity index (χ4v) is 2.03. The van der Waals surface area contributed by atoms with E-state index in [9.17, 15) is 0 Å². The lowest BCUT2D eigenvalue weighted by Crippen LogP contribution is -2.30. The van der Waals surface area contributed by atoms with Gasteiger partial charge >= 0.3 is 0 Å². The van der Waals surface area contributed by atoms with Crippen molar-refractivity contribution in [3.63, 3.8) is 0 Å². The van der Waals surface area contributed by atoms with Crippen molar-refractivity contribution in [3.8, 4) is 0 Å². The molecule has 1 atom stereocenters. The standard InChI is InChI=1S/C10H16N2O/c1-8(10-6-12-7-13-10)9-2-4-11-5-3-9/h6-9,11H,2-5H2,1H3. The number of hydrogen-bond acceptors (Lipinski definition) is 3. The molecule has 0 radical (unpaired) electrons. The van der Waals surface area contributed by atoms with Gasteiger partial charge in [-0.2, -0.15) is 0 Å². The highest BCUT2D eigenvalue weighted by molar-refractivity contribution is 5.00. The van der Waals surface area contributed by atoms with Gasteiger partial charge < -0.3 is 9.73 Å². The van der Waals surface area contributed by atoms with Gasteiger partial charge in [-0.25, -0.2) is 4.98 Å². The van der Waals surface area contributed by atoms with Crippen LogP contribution >= 0.6 is 0 Å². The summed E-state index contributed by atoms with van der Waals surface area (Å²) in [6, 6.07) is 0. The zero-order chi connectivity index (χ0) is 9.10. The summed E-state index contributed by atoms with van der Waals surface area (Å²) in [6.07, 6.45) is 5.86. The maximum absolute atomic E-state index is 5.32. The Morgan fingerprint density at radius 3 is 2.92 bits per heavy atom. The second-order valence-electron chi connectivity index (χ2n) is 3.78. The van der Waals surface area contributed by atoms with Gasteiger partial charge in [0.25, 0.3) is 0 Å². The van der Waals surface area contributed by atoms with Crippen LogP contribution in [0.5, 0.6) is 0 Å². The van der Waals surface area contributed by atoms with E-state index in [0.717, 1.165) is 24.8 Å². The summed E-state index contributed by atoms with van der Waals surface area (Å²) in [5.74, 6) is 2.31. The Labute approximate surface area is 78.5 Å². The lowest BCUT2D eigenvalue weighted by molar-refractivity contribution is 0.300. The van der Waals surface area contributed by atoms with Crippen LogP contribution in [-0.4, -0.2) is 18.1 Å². The Morgan fingerprint density at radius 2 is 2.31 bits per heavy atom. The Balaban J connectivity index is 1.99. The molecule has 3 nitrogen and oxygen atoms in total. The highest BCUT2D eigenvalue weighted by Crippen LogP contribution is 2.29. The van der Waals surface area contributed by atoms with Crippen LogP contribution in [0.25, 0.3) is 0 Å². The highest BCUT2D eigenvalue weighted by Gasteiger charge is 2.22. The minimum absolute atomic E-state index is 0.518. The van der Waals surface area contributed by atoms with Crippen LogP contribution in [0.3, 0.4) is 0 Å². The van der Waals surface area contributed by atoms with E-state index in [1.807, 2.05) is 6.20 Å². The predicted octanol–water partition coefficient (Wildman–Crippen LogP) is 1.78. The maximum Gasteiger partial charge on any atom is 0.180 e. The number of oxazole rings is 1. The summed E-state index contributed by atoms with van der Waals surface area (Å²) >= 11 is 0. The molecule has 1 aliphatic heterocycles. The van der Waals surface area contributed by atoms with Gasteiger partial charge in [-0.05, 0) is 31.8 Å². The monoisotopic (exact) mass is 180 g/mol. The molecule has 1 aromatic rings. The molecule has 2 rings (SSSR count). The van der Waals surface area contributed by atoms with Crippen molar-refractivity contribution in [2.75, 3.05) is 13.1 Å². The molecule has 1 saturated heterocycles. The number of piperidine rings is 1. The Morgan fingerprint density at radius 1 is 1.54 bits per heavy atom. The van der Waals surface area contributed by atoms with Crippen molar-refractivity contribution >= 4 is 0 Å². The van der Waals surface area contributed by atoms with Crippen molar-refractivity contribution in [1.29, 1.82) is 0 Å². The first-order chi connectivity index (χ1) is 6.38. The fraction of sp³-hybridized carbons (Fsp3) is 0.700. The van der Waals surface area contributed by atoms with Gasteiger partial charge in [-0.15, -0.1) is 0 Å². The van der Waals surface area contributed by atoms with Gasteiger partial charge in [-0.1, -0.05) is 6.92 Å². The molecule has 1 aromatic heterocycles. The van der Waals surface area contributed by atoms with Crippen LogP contribution in [0.4, 0.5) is 0 Å². The van der Waals surface area contributed by atoms with Crippen molar-refractivity contribution in [2.45, 2.75) is 25.7 Å². The normalized spacial score (nSPS) is 21.6. The van der Waals surface area contributed by atoms with Crippen molar-refractivity contribution in [2.24, 2.45) is 5.92 Å². The van der Waals surface area contributed by atoms with Gasteiger partial charge in [0.2, 0.25) is 0 Å². The van der Waals surface area contributed by atoms with Crippen molar-refractivity contribution in [1.82, 2.24) is 10.3 Å². The zero-order valence-electron chi connectivity index (χ0n) is 7.99. The molecule has 1 fully saturated rings. The van der Waals surface area contributed by atoms with Gasteiger partial charge in [0.15, 0.2) is 6.39 Å². The van der Waals surface area contributed by atoms with Crippen LogP contribution in [0.2, 0.25) is 0 Å². The first kappa shape index (κ1) is 8.75. The van der Waals surface area contributed by atoms with Crippen molar-refractivity contribution < 1.29 is 4.42 Å². The molecule has 0 saturated carbocycles. The third-order valence-corrected chi connectivity index (χ3v) is 2.99. The lowest BCUT2D eigenvalue weighted by atomic mass is 9.85. The van der Waals surface area contributed by atoms with Crippen molar-refractivity contribution in [3.05, 3.63) is 18.4 Å². The minimum atomic E-state index is 0.518. The largest absolute Gasteiger partial charge is 0.448 e. The summed E-state index contributed by atoms with van der Waals surface area (Å²) < 4.78 is 5.32. The average molecular weight is 180 g/mol. The molecular weight excluding hydrogens is 164 g/mol. The third-order valence-electron chi connectivity index (χ3n) is 2.99. The molecular formula is C10H16N2O. The SMILES string of the molecule is CC(c1cnco1)C1CCNCC1. The molecule has 1 N–H and O–H groups in total. The molecule has 3 heteroatoms. The molecule has 13 heavy (non-hydrogen) atoms. The van der Waals surface area contributed by atoms with Crippen LogP contribution in [0.1, 0.15) is 31.4 Å². The smallest absolute Gasteiger partial charge is 0.180 e. The first-order valence-corrected chi connectivity index (χ1v) is 4.97. The Bertz CT molecular complexity index is 239. The second-order valence-corrected chi connectivity index (χ2v) is 3.78. The van der Waals surface area contributed by atoms with E-state index >= 15 is 0 Å². The summed E-state index contributed by atoms with van der Waals surface area (Å²) in [6.45, 7) is 4.52.